The number of benzene rings is 1. The van der Waals surface area contributed by atoms with Gasteiger partial charge in [0.2, 0.25) is 5.95 Å². The molecule has 0 radical (unpaired) electrons. The molecule has 2 heterocycles. The molecule has 0 N–H and O–H groups in total. The third-order valence-corrected chi connectivity index (χ3v) is 4.50. The number of oxime groups is 1. The predicted octanol–water partition coefficient (Wildman–Crippen LogP) is 2.69. The van der Waals surface area contributed by atoms with Gasteiger partial charge in [-0.2, -0.15) is 0 Å². The minimum atomic E-state index is 0.722. The Morgan fingerprint density at radius 3 is 2.44 bits per heavy atom. The number of nitrogens with zero attached hydrogens (tertiary/aromatic N) is 5. The second kappa shape index (κ2) is 8.78. The molecule has 3 rings (SSSR count). The van der Waals surface area contributed by atoms with E-state index in [9.17, 15) is 0 Å². The van der Waals surface area contributed by atoms with Crippen molar-refractivity contribution in [2.75, 3.05) is 44.7 Å². The van der Waals surface area contributed by atoms with Gasteiger partial charge >= 0.3 is 0 Å². The van der Waals surface area contributed by atoms with E-state index in [1.54, 1.807) is 19.5 Å². The van der Waals surface area contributed by atoms with E-state index in [4.69, 9.17) is 16.4 Å². The topological polar surface area (TPSA) is 53.9 Å². The maximum Gasteiger partial charge on any atom is 0.225 e. The number of hydrogen-bond acceptors (Lipinski definition) is 6. The Labute approximate surface area is 153 Å². The van der Waals surface area contributed by atoms with Crippen molar-refractivity contribution in [3.63, 3.8) is 0 Å². The van der Waals surface area contributed by atoms with E-state index >= 15 is 0 Å². The van der Waals surface area contributed by atoms with Crippen molar-refractivity contribution in [3.8, 4) is 0 Å². The highest BCUT2D eigenvalue weighted by Crippen LogP contribution is 2.14. The lowest BCUT2D eigenvalue weighted by Crippen LogP contribution is -2.47. The van der Waals surface area contributed by atoms with Crippen LogP contribution in [0, 0.1) is 0 Å². The van der Waals surface area contributed by atoms with Crippen LogP contribution < -0.4 is 4.90 Å². The molecule has 132 valence electrons. The van der Waals surface area contributed by atoms with Gasteiger partial charge in [-0.15, -0.1) is 0 Å². The summed E-state index contributed by atoms with van der Waals surface area (Å²) in [6.07, 6.45) is 4.40. The van der Waals surface area contributed by atoms with Crippen molar-refractivity contribution in [1.82, 2.24) is 14.9 Å². The molecule has 0 unspecified atom stereocenters. The number of anilines is 1. The van der Waals surface area contributed by atoms with E-state index in [0.29, 0.717) is 0 Å². The highest BCUT2D eigenvalue weighted by molar-refractivity contribution is 6.30. The van der Waals surface area contributed by atoms with E-state index in [2.05, 4.69) is 24.9 Å². The Bertz CT molecular complexity index is 684. The first-order valence-electron chi connectivity index (χ1n) is 8.36. The molecule has 1 fully saturated rings. The summed E-state index contributed by atoms with van der Waals surface area (Å²) in [6.45, 7) is 4.77. The minimum Gasteiger partial charge on any atom is -0.399 e. The third kappa shape index (κ3) is 4.90. The molecular formula is C18H22ClN5O. The SMILES string of the molecule is CON=C(CCN1CCN(c2ncccn2)CC1)c1ccc(Cl)cc1. The van der Waals surface area contributed by atoms with Crippen LogP contribution in [0.1, 0.15) is 12.0 Å². The molecule has 0 atom stereocenters. The van der Waals surface area contributed by atoms with E-state index in [1.807, 2.05) is 30.3 Å². The van der Waals surface area contributed by atoms with Crippen molar-refractivity contribution >= 4 is 23.3 Å². The lowest BCUT2D eigenvalue weighted by molar-refractivity contribution is 0.211. The molecule has 7 heteroatoms. The summed E-state index contributed by atoms with van der Waals surface area (Å²) in [6, 6.07) is 9.55. The fourth-order valence-electron chi connectivity index (χ4n) is 2.89. The van der Waals surface area contributed by atoms with Gasteiger partial charge in [0.25, 0.3) is 0 Å². The number of aromatic nitrogens is 2. The van der Waals surface area contributed by atoms with Gasteiger partial charge in [0.1, 0.15) is 7.11 Å². The standard InChI is InChI=1S/C18H22ClN5O/c1-25-22-17(15-3-5-16(19)6-4-15)7-10-23-11-13-24(14-12-23)18-20-8-2-9-21-18/h2-6,8-9H,7,10-14H2,1H3. The average molecular weight is 360 g/mol. The monoisotopic (exact) mass is 359 g/mol. The molecule has 0 bridgehead atoms. The van der Waals surface area contributed by atoms with E-state index in [-0.39, 0.29) is 0 Å². The largest absolute Gasteiger partial charge is 0.399 e. The lowest BCUT2D eigenvalue weighted by atomic mass is 10.1. The average Bonchev–Trinajstić information content (AvgIpc) is 2.67. The van der Waals surface area contributed by atoms with Crippen LogP contribution in [0.3, 0.4) is 0 Å². The summed E-state index contributed by atoms with van der Waals surface area (Å²) in [5.41, 5.74) is 1.98. The van der Waals surface area contributed by atoms with Crippen LogP contribution in [0.2, 0.25) is 5.02 Å². The maximum absolute atomic E-state index is 5.96. The number of rotatable bonds is 6. The van der Waals surface area contributed by atoms with E-state index in [0.717, 1.165) is 61.4 Å². The van der Waals surface area contributed by atoms with Gasteiger partial charge in [-0.1, -0.05) is 28.9 Å². The molecule has 0 aliphatic carbocycles. The Balaban J connectivity index is 1.53. The van der Waals surface area contributed by atoms with Gasteiger partial charge in [-0.3, -0.25) is 4.90 Å². The third-order valence-electron chi connectivity index (χ3n) is 4.25. The van der Waals surface area contributed by atoms with Gasteiger partial charge in [-0.25, -0.2) is 9.97 Å². The zero-order valence-corrected chi connectivity index (χ0v) is 15.1. The molecule has 1 aliphatic heterocycles. The van der Waals surface area contributed by atoms with Crippen LogP contribution in [0.25, 0.3) is 0 Å². The van der Waals surface area contributed by atoms with Gasteiger partial charge in [-0.05, 0) is 23.8 Å². The molecular weight excluding hydrogens is 338 g/mol. The molecule has 1 aliphatic rings. The van der Waals surface area contributed by atoms with Crippen LogP contribution in [0.4, 0.5) is 5.95 Å². The van der Waals surface area contributed by atoms with Gasteiger partial charge in [0.05, 0.1) is 5.71 Å². The molecule has 0 spiro atoms. The van der Waals surface area contributed by atoms with Crippen molar-refractivity contribution in [1.29, 1.82) is 0 Å². The van der Waals surface area contributed by atoms with Crippen molar-refractivity contribution < 1.29 is 4.84 Å². The Hall–Kier alpha value is -2.18. The molecule has 2 aromatic rings. The summed E-state index contributed by atoms with van der Waals surface area (Å²) in [7, 11) is 1.58. The molecule has 1 saturated heterocycles. The molecule has 0 amide bonds. The summed E-state index contributed by atoms with van der Waals surface area (Å²) in [5, 5.41) is 4.91. The van der Waals surface area contributed by atoms with Crippen molar-refractivity contribution in [2.45, 2.75) is 6.42 Å². The second-order valence-corrected chi connectivity index (χ2v) is 6.29. The Morgan fingerprint density at radius 2 is 1.80 bits per heavy atom. The molecule has 1 aromatic carbocycles. The lowest BCUT2D eigenvalue weighted by Gasteiger charge is -2.34. The second-order valence-electron chi connectivity index (χ2n) is 5.85. The molecule has 1 aromatic heterocycles. The first-order chi connectivity index (χ1) is 12.3. The zero-order chi connectivity index (χ0) is 17.5. The summed E-state index contributed by atoms with van der Waals surface area (Å²) in [5.74, 6) is 0.810. The quantitative estimate of drug-likeness (QED) is 0.586. The van der Waals surface area contributed by atoms with Crippen LogP contribution in [0.5, 0.6) is 0 Å². The maximum atomic E-state index is 5.96. The van der Waals surface area contributed by atoms with Crippen molar-refractivity contribution in [3.05, 3.63) is 53.3 Å². The van der Waals surface area contributed by atoms with Crippen LogP contribution in [-0.4, -0.2) is 60.4 Å². The first kappa shape index (κ1) is 17.6. The molecule has 6 nitrogen and oxygen atoms in total. The summed E-state index contributed by atoms with van der Waals surface area (Å²) < 4.78 is 0. The van der Waals surface area contributed by atoms with Crippen LogP contribution in [0.15, 0.2) is 47.9 Å². The Kier molecular flexibility index (Phi) is 6.19. The smallest absolute Gasteiger partial charge is 0.225 e. The zero-order valence-electron chi connectivity index (χ0n) is 14.3. The number of halogens is 1. The summed E-state index contributed by atoms with van der Waals surface area (Å²) in [4.78, 5) is 18.3. The predicted molar refractivity (Wildman–Crippen MR) is 100 cm³/mol. The van der Waals surface area contributed by atoms with Gasteiger partial charge < -0.3 is 9.74 Å². The number of piperazine rings is 1. The van der Waals surface area contributed by atoms with Crippen LogP contribution in [-0.2, 0) is 4.84 Å². The van der Waals surface area contributed by atoms with Crippen LogP contribution >= 0.6 is 11.6 Å². The highest BCUT2D eigenvalue weighted by atomic mass is 35.5. The van der Waals surface area contributed by atoms with E-state index < -0.39 is 0 Å². The number of hydrogen-bond donors (Lipinski definition) is 0. The normalized spacial score (nSPS) is 16.1. The Morgan fingerprint density at radius 1 is 1.12 bits per heavy atom. The minimum absolute atomic E-state index is 0.722. The highest BCUT2D eigenvalue weighted by Gasteiger charge is 2.19. The van der Waals surface area contributed by atoms with Gasteiger partial charge in [0.15, 0.2) is 0 Å². The summed E-state index contributed by atoms with van der Waals surface area (Å²) >= 11 is 5.96. The van der Waals surface area contributed by atoms with Crippen molar-refractivity contribution in [2.24, 2.45) is 5.16 Å². The molecule has 25 heavy (non-hydrogen) atoms. The first-order valence-corrected chi connectivity index (χ1v) is 8.74. The fourth-order valence-corrected chi connectivity index (χ4v) is 3.01. The molecule has 0 saturated carbocycles. The van der Waals surface area contributed by atoms with E-state index in [1.165, 1.54) is 0 Å². The fraction of sp³-hybridized carbons (Fsp3) is 0.389. The van der Waals surface area contributed by atoms with Gasteiger partial charge in [0, 0.05) is 56.6 Å².